The van der Waals surface area contributed by atoms with Crippen LogP contribution in [-0.4, -0.2) is 9.97 Å². The van der Waals surface area contributed by atoms with Crippen molar-refractivity contribution in [3.63, 3.8) is 0 Å². The molecule has 0 aliphatic carbocycles. The number of anilines is 1. The lowest BCUT2D eigenvalue weighted by Crippen LogP contribution is -2.01. The Kier molecular flexibility index (Phi) is 3.78. The number of ether oxygens (including phenoxy) is 1. The van der Waals surface area contributed by atoms with Crippen LogP contribution in [0.1, 0.15) is 5.56 Å². The first kappa shape index (κ1) is 13.1. The Morgan fingerprint density at radius 2 is 1.52 bits per heavy atom. The van der Waals surface area contributed by atoms with Gasteiger partial charge in [0.05, 0.1) is 0 Å². The first-order chi connectivity index (χ1) is 10.3. The maximum Gasteiger partial charge on any atom is 0.219 e. The van der Waals surface area contributed by atoms with E-state index in [4.69, 9.17) is 10.5 Å². The number of hydrogen-bond acceptors (Lipinski definition) is 4. The van der Waals surface area contributed by atoms with Crippen LogP contribution in [0.2, 0.25) is 0 Å². The third-order valence-corrected chi connectivity index (χ3v) is 2.98. The third-order valence-electron chi connectivity index (χ3n) is 2.98. The molecule has 0 aliphatic rings. The monoisotopic (exact) mass is 277 g/mol. The second kappa shape index (κ2) is 6.05. The van der Waals surface area contributed by atoms with Crippen LogP contribution in [0.15, 0.2) is 66.7 Å². The van der Waals surface area contributed by atoms with Gasteiger partial charge in [0.25, 0.3) is 0 Å². The maximum absolute atomic E-state index is 5.83. The smallest absolute Gasteiger partial charge is 0.219 e. The first-order valence-electron chi connectivity index (χ1n) is 6.68. The molecule has 0 saturated heterocycles. The zero-order valence-electron chi connectivity index (χ0n) is 11.4. The van der Waals surface area contributed by atoms with Crippen molar-refractivity contribution < 1.29 is 4.74 Å². The second-order valence-electron chi connectivity index (χ2n) is 4.59. The number of aromatic nitrogens is 2. The minimum Gasteiger partial charge on any atom is -0.473 e. The summed E-state index contributed by atoms with van der Waals surface area (Å²) in [5.41, 5.74) is 7.83. The van der Waals surface area contributed by atoms with Gasteiger partial charge < -0.3 is 10.5 Å². The molecule has 21 heavy (non-hydrogen) atoms. The molecule has 0 spiro atoms. The standard InChI is InChI=1S/C17H15N3O/c18-15-11-16(21-12-13-7-3-1-4-8-13)20-17(19-15)14-9-5-2-6-10-14/h1-11H,12H2,(H2,18,19,20). The van der Waals surface area contributed by atoms with Crippen LogP contribution in [-0.2, 0) is 6.61 Å². The van der Waals surface area contributed by atoms with E-state index >= 15 is 0 Å². The van der Waals surface area contributed by atoms with Crippen molar-refractivity contribution in [3.8, 4) is 17.3 Å². The molecule has 2 aromatic carbocycles. The Labute approximate surface area is 123 Å². The van der Waals surface area contributed by atoms with Crippen LogP contribution in [0.4, 0.5) is 5.82 Å². The molecular formula is C17H15N3O. The Hall–Kier alpha value is -2.88. The Morgan fingerprint density at radius 3 is 2.24 bits per heavy atom. The van der Waals surface area contributed by atoms with E-state index in [1.54, 1.807) is 6.07 Å². The zero-order chi connectivity index (χ0) is 14.5. The average molecular weight is 277 g/mol. The highest BCUT2D eigenvalue weighted by molar-refractivity contribution is 5.57. The number of nitrogen functional groups attached to an aromatic ring is 1. The van der Waals surface area contributed by atoms with Gasteiger partial charge in [-0.25, -0.2) is 4.98 Å². The summed E-state index contributed by atoms with van der Waals surface area (Å²) >= 11 is 0. The molecule has 2 N–H and O–H groups in total. The predicted molar refractivity (Wildman–Crippen MR) is 82.7 cm³/mol. The highest BCUT2D eigenvalue weighted by Crippen LogP contribution is 2.20. The van der Waals surface area contributed by atoms with Gasteiger partial charge in [0, 0.05) is 11.6 Å². The van der Waals surface area contributed by atoms with Crippen molar-refractivity contribution in [2.24, 2.45) is 0 Å². The van der Waals surface area contributed by atoms with Crippen LogP contribution in [0.25, 0.3) is 11.4 Å². The maximum atomic E-state index is 5.83. The summed E-state index contributed by atoms with van der Waals surface area (Å²) in [7, 11) is 0. The van der Waals surface area contributed by atoms with E-state index in [1.165, 1.54) is 0 Å². The minimum absolute atomic E-state index is 0.395. The van der Waals surface area contributed by atoms with Crippen molar-refractivity contribution in [3.05, 3.63) is 72.3 Å². The topological polar surface area (TPSA) is 61.0 Å². The SMILES string of the molecule is Nc1cc(OCc2ccccc2)nc(-c2ccccc2)n1. The zero-order valence-corrected chi connectivity index (χ0v) is 11.4. The Morgan fingerprint density at radius 1 is 0.857 bits per heavy atom. The lowest BCUT2D eigenvalue weighted by molar-refractivity contribution is 0.294. The minimum atomic E-state index is 0.395. The summed E-state index contributed by atoms with van der Waals surface area (Å²) in [4.78, 5) is 8.65. The van der Waals surface area contributed by atoms with Gasteiger partial charge in [-0.15, -0.1) is 0 Å². The summed E-state index contributed by atoms with van der Waals surface area (Å²) < 4.78 is 5.70. The molecule has 0 aliphatic heterocycles. The van der Waals surface area contributed by atoms with Crippen molar-refractivity contribution in [2.45, 2.75) is 6.61 Å². The van der Waals surface area contributed by atoms with E-state index in [0.29, 0.717) is 24.1 Å². The number of hydrogen-bond donors (Lipinski definition) is 1. The Bertz CT molecular complexity index is 715. The molecule has 4 heteroatoms. The molecule has 0 bridgehead atoms. The number of nitrogens with zero attached hydrogens (tertiary/aromatic N) is 2. The van der Waals surface area contributed by atoms with Crippen LogP contribution in [0, 0.1) is 0 Å². The van der Waals surface area contributed by atoms with Gasteiger partial charge in [0.1, 0.15) is 12.4 Å². The van der Waals surface area contributed by atoms with Gasteiger partial charge in [-0.05, 0) is 5.56 Å². The molecule has 0 amide bonds. The summed E-state index contributed by atoms with van der Waals surface area (Å²) in [5, 5.41) is 0. The van der Waals surface area contributed by atoms with Crippen LogP contribution < -0.4 is 10.5 Å². The van der Waals surface area contributed by atoms with E-state index in [-0.39, 0.29) is 0 Å². The molecule has 0 unspecified atom stereocenters. The van der Waals surface area contributed by atoms with Crippen LogP contribution in [0.5, 0.6) is 5.88 Å². The van der Waals surface area contributed by atoms with Gasteiger partial charge >= 0.3 is 0 Å². The van der Waals surface area contributed by atoms with Gasteiger partial charge in [-0.3, -0.25) is 0 Å². The van der Waals surface area contributed by atoms with Gasteiger partial charge in [-0.2, -0.15) is 4.98 Å². The van der Waals surface area contributed by atoms with E-state index in [9.17, 15) is 0 Å². The van der Waals surface area contributed by atoms with Crippen molar-refractivity contribution in [1.29, 1.82) is 0 Å². The van der Waals surface area contributed by atoms with E-state index < -0.39 is 0 Å². The fourth-order valence-electron chi connectivity index (χ4n) is 1.96. The highest BCUT2D eigenvalue weighted by atomic mass is 16.5. The summed E-state index contributed by atoms with van der Waals surface area (Å²) in [5.74, 6) is 1.44. The Balaban J connectivity index is 1.82. The second-order valence-corrected chi connectivity index (χ2v) is 4.59. The molecular weight excluding hydrogens is 262 g/mol. The molecule has 3 aromatic rings. The van der Waals surface area contributed by atoms with Gasteiger partial charge in [0.15, 0.2) is 5.82 Å². The van der Waals surface area contributed by atoms with Crippen molar-refractivity contribution >= 4 is 5.82 Å². The number of benzene rings is 2. The molecule has 1 aromatic heterocycles. The quantitative estimate of drug-likeness (QED) is 0.794. The number of nitrogens with two attached hydrogens (primary N) is 1. The summed E-state index contributed by atoms with van der Waals surface area (Å²) in [6.07, 6.45) is 0. The van der Waals surface area contributed by atoms with E-state index in [0.717, 1.165) is 11.1 Å². The van der Waals surface area contributed by atoms with E-state index in [2.05, 4.69) is 9.97 Å². The molecule has 0 fully saturated rings. The fourth-order valence-corrected chi connectivity index (χ4v) is 1.96. The fraction of sp³-hybridized carbons (Fsp3) is 0.0588. The molecule has 0 saturated carbocycles. The largest absolute Gasteiger partial charge is 0.473 e. The molecule has 1 heterocycles. The van der Waals surface area contributed by atoms with Crippen LogP contribution in [0.3, 0.4) is 0 Å². The third kappa shape index (κ3) is 3.36. The summed E-state index contributed by atoms with van der Waals surface area (Å²) in [6.45, 7) is 0.450. The lowest BCUT2D eigenvalue weighted by atomic mass is 10.2. The van der Waals surface area contributed by atoms with Gasteiger partial charge in [0.2, 0.25) is 5.88 Å². The first-order valence-corrected chi connectivity index (χ1v) is 6.68. The normalized spacial score (nSPS) is 10.3. The predicted octanol–water partition coefficient (Wildman–Crippen LogP) is 3.30. The lowest BCUT2D eigenvalue weighted by Gasteiger charge is -2.08. The molecule has 0 radical (unpaired) electrons. The number of rotatable bonds is 4. The molecule has 3 rings (SSSR count). The van der Waals surface area contributed by atoms with Crippen molar-refractivity contribution in [2.75, 3.05) is 5.73 Å². The van der Waals surface area contributed by atoms with Crippen LogP contribution >= 0.6 is 0 Å². The molecule has 104 valence electrons. The van der Waals surface area contributed by atoms with E-state index in [1.807, 2.05) is 60.7 Å². The van der Waals surface area contributed by atoms with Gasteiger partial charge in [-0.1, -0.05) is 60.7 Å². The molecule has 0 atom stereocenters. The average Bonchev–Trinajstić information content (AvgIpc) is 2.54. The highest BCUT2D eigenvalue weighted by Gasteiger charge is 2.06. The van der Waals surface area contributed by atoms with Crippen molar-refractivity contribution in [1.82, 2.24) is 9.97 Å². The summed E-state index contributed by atoms with van der Waals surface area (Å²) in [6, 6.07) is 21.3. The molecule has 4 nitrogen and oxygen atoms in total.